The number of benzene rings is 2. The number of carbonyl (C=O) groups excluding carboxylic acids is 1. The van der Waals surface area contributed by atoms with E-state index >= 15 is 0 Å². The molecule has 0 atom stereocenters. The van der Waals surface area contributed by atoms with Gasteiger partial charge in [-0.1, -0.05) is 28.9 Å². The largest absolute Gasteiger partial charge is 0.459 e. The Kier molecular flexibility index (Phi) is 5.94. The van der Waals surface area contributed by atoms with Crippen molar-refractivity contribution in [2.24, 2.45) is 0 Å². The number of rotatable bonds is 5. The van der Waals surface area contributed by atoms with Crippen LogP contribution in [0.2, 0.25) is 5.02 Å². The lowest BCUT2D eigenvalue weighted by atomic mass is 10.1. The minimum Gasteiger partial charge on any atom is -0.459 e. The Balaban J connectivity index is 1.65. The maximum atomic E-state index is 13.8. The summed E-state index contributed by atoms with van der Waals surface area (Å²) in [7, 11) is 0. The molecule has 0 fully saturated rings. The summed E-state index contributed by atoms with van der Waals surface area (Å²) in [5.74, 6) is -1.08. The van der Waals surface area contributed by atoms with E-state index in [9.17, 15) is 18.0 Å². The molecule has 2 aromatic heterocycles. The van der Waals surface area contributed by atoms with E-state index in [1.54, 1.807) is 61.1 Å². The summed E-state index contributed by atoms with van der Waals surface area (Å²) >= 11 is 5.90. The van der Waals surface area contributed by atoms with E-state index in [-0.39, 0.29) is 5.69 Å². The molecule has 4 rings (SSSR count). The Morgan fingerprint density at radius 3 is 2.27 bits per heavy atom. The van der Waals surface area contributed by atoms with Crippen LogP contribution in [0.3, 0.4) is 0 Å². The van der Waals surface area contributed by atoms with Crippen LogP contribution < -0.4 is 0 Å². The van der Waals surface area contributed by atoms with Gasteiger partial charge in [0.15, 0.2) is 5.69 Å². The molecule has 2 aromatic carbocycles. The van der Waals surface area contributed by atoms with E-state index in [1.807, 2.05) is 0 Å². The minimum atomic E-state index is -4.82. The van der Waals surface area contributed by atoms with Crippen molar-refractivity contribution < 1.29 is 22.7 Å². The fourth-order valence-electron chi connectivity index (χ4n) is 3.13. The monoisotopic (exact) mass is 475 g/mol. The molecule has 0 N–H and O–H groups in total. The summed E-state index contributed by atoms with van der Waals surface area (Å²) in [4.78, 5) is 12.1. The quantitative estimate of drug-likeness (QED) is 0.363. The van der Waals surface area contributed by atoms with E-state index in [2.05, 4.69) is 15.4 Å². The molecular weight excluding hydrogens is 459 g/mol. The number of aromatic nitrogens is 5. The second-order valence-electron chi connectivity index (χ2n) is 7.34. The molecule has 170 valence electrons. The van der Waals surface area contributed by atoms with Gasteiger partial charge in [0.1, 0.15) is 11.3 Å². The van der Waals surface area contributed by atoms with Crippen molar-refractivity contribution >= 4 is 17.6 Å². The number of halogens is 4. The van der Waals surface area contributed by atoms with Gasteiger partial charge in [-0.3, -0.25) is 0 Å². The standard InChI is InChI=1S/C22H17ClF3N5O2/c1-13(2)33-21(32)18-11-27-31(20(18)22(24,25)26)17-7-3-14(4-8-17)19-12-30(29-28-19)16-9-5-15(23)6-10-16/h3-13H,1-2H3. The Morgan fingerprint density at radius 1 is 1.03 bits per heavy atom. The van der Waals surface area contributed by atoms with Crippen molar-refractivity contribution in [3.05, 3.63) is 77.2 Å². The second-order valence-corrected chi connectivity index (χ2v) is 7.78. The molecule has 0 bridgehead atoms. The van der Waals surface area contributed by atoms with Crippen molar-refractivity contribution in [1.82, 2.24) is 24.8 Å². The first-order valence-electron chi connectivity index (χ1n) is 9.79. The summed E-state index contributed by atoms with van der Waals surface area (Å²) in [5, 5.41) is 12.6. The van der Waals surface area contributed by atoms with Crippen LogP contribution in [0.15, 0.2) is 60.9 Å². The summed E-state index contributed by atoms with van der Waals surface area (Å²) in [6, 6.07) is 13.1. The van der Waals surface area contributed by atoms with E-state index in [0.29, 0.717) is 21.0 Å². The zero-order valence-electron chi connectivity index (χ0n) is 17.4. The Bertz CT molecular complexity index is 1280. The molecule has 2 heterocycles. The Hall–Kier alpha value is -3.66. The maximum Gasteiger partial charge on any atom is 0.434 e. The summed E-state index contributed by atoms with van der Waals surface area (Å²) < 4.78 is 48.4. The van der Waals surface area contributed by atoms with Gasteiger partial charge < -0.3 is 4.74 Å². The van der Waals surface area contributed by atoms with Crippen molar-refractivity contribution in [3.8, 4) is 22.6 Å². The zero-order chi connectivity index (χ0) is 23.8. The molecule has 0 saturated heterocycles. The highest BCUT2D eigenvalue weighted by Gasteiger charge is 2.41. The smallest absolute Gasteiger partial charge is 0.434 e. The van der Waals surface area contributed by atoms with Crippen LogP contribution in [0.4, 0.5) is 13.2 Å². The molecule has 4 aromatic rings. The summed E-state index contributed by atoms with van der Waals surface area (Å²) in [6.45, 7) is 3.11. The number of hydrogen-bond donors (Lipinski definition) is 0. The van der Waals surface area contributed by atoms with Gasteiger partial charge in [-0.2, -0.15) is 18.3 Å². The van der Waals surface area contributed by atoms with Crippen molar-refractivity contribution in [1.29, 1.82) is 0 Å². The lowest BCUT2D eigenvalue weighted by Crippen LogP contribution is -2.20. The van der Waals surface area contributed by atoms with E-state index in [1.165, 1.54) is 12.1 Å². The highest BCUT2D eigenvalue weighted by atomic mass is 35.5. The number of hydrogen-bond acceptors (Lipinski definition) is 5. The Morgan fingerprint density at radius 2 is 1.67 bits per heavy atom. The first kappa shape index (κ1) is 22.5. The number of nitrogens with zero attached hydrogens (tertiary/aromatic N) is 5. The normalized spacial score (nSPS) is 11.7. The molecule has 0 saturated carbocycles. The number of esters is 1. The van der Waals surface area contributed by atoms with Gasteiger partial charge in [0, 0.05) is 10.6 Å². The highest BCUT2D eigenvalue weighted by molar-refractivity contribution is 6.30. The van der Waals surface area contributed by atoms with Crippen molar-refractivity contribution in [3.63, 3.8) is 0 Å². The third-order valence-corrected chi connectivity index (χ3v) is 4.84. The molecular formula is C22H17ClF3N5O2. The van der Waals surface area contributed by atoms with Gasteiger partial charge in [-0.15, -0.1) is 5.10 Å². The topological polar surface area (TPSA) is 74.8 Å². The summed E-state index contributed by atoms with van der Waals surface area (Å²) in [5.41, 5.74) is 0.191. The molecule has 0 aliphatic rings. The van der Waals surface area contributed by atoms with Crippen LogP contribution in [0.25, 0.3) is 22.6 Å². The number of ether oxygens (including phenoxy) is 1. The van der Waals surface area contributed by atoms with Gasteiger partial charge >= 0.3 is 12.1 Å². The fraction of sp³-hybridized carbons (Fsp3) is 0.182. The third kappa shape index (κ3) is 4.75. The predicted molar refractivity (Wildman–Crippen MR) is 114 cm³/mol. The molecule has 0 aliphatic carbocycles. The highest BCUT2D eigenvalue weighted by Crippen LogP contribution is 2.34. The predicted octanol–water partition coefficient (Wildman–Crippen LogP) is 5.36. The first-order valence-corrected chi connectivity index (χ1v) is 10.2. The summed E-state index contributed by atoms with van der Waals surface area (Å²) in [6.07, 6.45) is -2.84. The van der Waals surface area contributed by atoms with Gasteiger partial charge in [0.2, 0.25) is 0 Å². The zero-order valence-corrected chi connectivity index (χ0v) is 18.2. The molecule has 0 spiro atoms. The van der Waals surface area contributed by atoms with Crippen LogP contribution >= 0.6 is 11.6 Å². The van der Waals surface area contributed by atoms with E-state index in [0.717, 1.165) is 11.9 Å². The van der Waals surface area contributed by atoms with E-state index in [4.69, 9.17) is 16.3 Å². The molecule has 11 heteroatoms. The van der Waals surface area contributed by atoms with Gasteiger partial charge in [-0.05, 0) is 50.2 Å². The van der Waals surface area contributed by atoms with Crippen LogP contribution in [0.5, 0.6) is 0 Å². The number of alkyl halides is 3. The van der Waals surface area contributed by atoms with Gasteiger partial charge in [0.05, 0.1) is 29.9 Å². The molecule has 0 aliphatic heterocycles. The molecule has 7 nitrogen and oxygen atoms in total. The number of carbonyl (C=O) groups is 1. The van der Waals surface area contributed by atoms with Crippen LogP contribution in [0, 0.1) is 0 Å². The maximum absolute atomic E-state index is 13.8. The fourth-order valence-corrected chi connectivity index (χ4v) is 3.26. The molecule has 0 amide bonds. The Labute approximate surface area is 191 Å². The van der Waals surface area contributed by atoms with Crippen LogP contribution in [-0.4, -0.2) is 36.8 Å². The molecule has 0 unspecified atom stereocenters. The van der Waals surface area contributed by atoms with Gasteiger partial charge in [-0.25, -0.2) is 14.2 Å². The van der Waals surface area contributed by atoms with Crippen molar-refractivity contribution in [2.75, 3.05) is 0 Å². The molecule has 0 radical (unpaired) electrons. The third-order valence-electron chi connectivity index (χ3n) is 4.59. The minimum absolute atomic E-state index is 0.125. The lowest BCUT2D eigenvalue weighted by molar-refractivity contribution is -0.143. The second kappa shape index (κ2) is 8.70. The van der Waals surface area contributed by atoms with Gasteiger partial charge in [0.25, 0.3) is 0 Å². The average Bonchev–Trinajstić information content (AvgIpc) is 3.42. The lowest BCUT2D eigenvalue weighted by Gasteiger charge is -2.13. The first-order chi connectivity index (χ1) is 15.6. The van der Waals surface area contributed by atoms with E-state index < -0.39 is 29.5 Å². The SMILES string of the molecule is CC(C)OC(=O)c1cnn(-c2ccc(-c3cn(-c4ccc(Cl)cc4)nn3)cc2)c1C(F)(F)F. The van der Waals surface area contributed by atoms with Crippen LogP contribution in [-0.2, 0) is 10.9 Å². The van der Waals surface area contributed by atoms with Crippen molar-refractivity contribution in [2.45, 2.75) is 26.1 Å². The molecule has 33 heavy (non-hydrogen) atoms. The van der Waals surface area contributed by atoms with Crippen LogP contribution in [0.1, 0.15) is 29.9 Å². The average molecular weight is 476 g/mol.